The number of alkyl halides is 3. The molecule has 2 saturated carbocycles. The van der Waals surface area contributed by atoms with Gasteiger partial charge in [-0.3, -0.25) is 0 Å². The minimum absolute atomic E-state index is 0.0640. The van der Waals surface area contributed by atoms with Crippen molar-refractivity contribution in [1.29, 1.82) is 0 Å². The molecular weight excluding hydrogens is 550 g/mol. The van der Waals surface area contributed by atoms with Crippen molar-refractivity contribution in [3.8, 4) is 17.0 Å². The topological polar surface area (TPSA) is 114 Å². The number of urea groups is 1. The third-order valence-electron chi connectivity index (χ3n) is 7.69. The van der Waals surface area contributed by atoms with E-state index >= 15 is 0 Å². The molecule has 3 heterocycles. The molecule has 216 valence electrons. The lowest BCUT2D eigenvalue weighted by molar-refractivity contribution is -0.274. The first-order valence-electron chi connectivity index (χ1n) is 13.1. The highest BCUT2D eigenvalue weighted by atomic mass is 19.4. The van der Waals surface area contributed by atoms with E-state index in [0.29, 0.717) is 24.2 Å². The van der Waals surface area contributed by atoms with Crippen molar-refractivity contribution in [3.63, 3.8) is 0 Å². The zero-order valence-corrected chi connectivity index (χ0v) is 21.5. The van der Waals surface area contributed by atoms with E-state index in [2.05, 4.69) is 15.2 Å². The van der Waals surface area contributed by atoms with Crippen LogP contribution in [-0.2, 0) is 11.3 Å². The number of fused-ring (bicyclic) bond motifs is 2. The summed E-state index contributed by atoms with van der Waals surface area (Å²) >= 11 is 0. The lowest BCUT2D eigenvalue weighted by atomic mass is 9.78. The van der Waals surface area contributed by atoms with Crippen LogP contribution in [0.25, 0.3) is 11.3 Å². The van der Waals surface area contributed by atoms with Gasteiger partial charge in [0.25, 0.3) is 0 Å². The van der Waals surface area contributed by atoms with Crippen LogP contribution in [0.5, 0.6) is 5.75 Å². The first-order valence-corrected chi connectivity index (χ1v) is 13.1. The van der Waals surface area contributed by atoms with Crippen molar-refractivity contribution in [1.82, 2.24) is 10.1 Å². The van der Waals surface area contributed by atoms with Gasteiger partial charge in [0, 0.05) is 29.1 Å². The van der Waals surface area contributed by atoms with Gasteiger partial charge in [-0.1, -0.05) is 17.3 Å². The molecule has 2 bridgehead atoms. The van der Waals surface area contributed by atoms with E-state index < -0.39 is 24.2 Å². The number of para-hydroxylation sites is 1. The maximum atomic E-state index is 14.2. The fourth-order valence-electron chi connectivity index (χ4n) is 5.64. The van der Waals surface area contributed by atoms with Gasteiger partial charge in [-0.25, -0.2) is 14.0 Å². The number of anilines is 1. The lowest BCUT2D eigenvalue weighted by Crippen LogP contribution is -2.65. The molecule has 4 fully saturated rings. The van der Waals surface area contributed by atoms with Gasteiger partial charge in [-0.05, 0) is 62.4 Å². The third-order valence-corrected chi connectivity index (χ3v) is 7.69. The molecule has 2 N–H and O–H groups in total. The number of aromatic carboxylic acids is 1. The largest absolute Gasteiger partial charge is 0.573 e. The zero-order valence-electron chi connectivity index (χ0n) is 21.5. The number of aromatic nitrogens is 1. The fourth-order valence-corrected chi connectivity index (χ4v) is 5.64. The monoisotopic (exact) mass is 575 g/mol. The van der Waals surface area contributed by atoms with Gasteiger partial charge in [0.2, 0.25) is 0 Å². The number of ether oxygens (including phenoxy) is 2. The van der Waals surface area contributed by atoms with Crippen LogP contribution in [0.1, 0.15) is 59.7 Å². The summed E-state index contributed by atoms with van der Waals surface area (Å²) in [5.74, 6) is -1.64. The second-order valence-corrected chi connectivity index (χ2v) is 10.5. The molecule has 4 aliphatic rings. The van der Waals surface area contributed by atoms with Gasteiger partial charge in [0.1, 0.15) is 23.0 Å². The van der Waals surface area contributed by atoms with Crippen molar-refractivity contribution in [3.05, 3.63) is 65.2 Å². The maximum Gasteiger partial charge on any atom is 0.573 e. The van der Waals surface area contributed by atoms with Gasteiger partial charge in [0.05, 0.1) is 24.0 Å². The molecule has 2 amide bonds. The Labute approximate surface area is 231 Å². The Morgan fingerprint density at radius 2 is 1.83 bits per heavy atom. The Morgan fingerprint density at radius 3 is 2.51 bits per heavy atom. The average molecular weight is 576 g/mol. The molecule has 2 unspecified atom stereocenters. The number of benzene rings is 2. The summed E-state index contributed by atoms with van der Waals surface area (Å²) in [4.78, 5) is 25.7. The molecule has 1 aromatic heterocycles. The minimum Gasteiger partial charge on any atom is -0.478 e. The first kappa shape index (κ1) is 27.1. The highest BCUT2D eigenvalue weighted by Gasteiger charge is 2.48. The Morgan fingerprint density at radius 1 is 1.10 bits per heavy atom. The first-order chi connectivity index (χ1) is 19.6. The number of halogens is 4. The van der Waals surface area contributed by atoms with E-state index in [1.165, 1.54) is 18.2 Å². The smallest absolute Gasteiger partial charge is 0.478 e. The molecule has 7 rings (SSSR count). The molecule has 2 aliphatic heterocycles. The van der Waals surface area contributed by atoms with Crippen LogP contribution in [0.2, 0.25) is 0 Å². The molecule has 2 saturated heterocycles. The Bertz CT molecular complexity index is 1480. The van der Waals surface area contributed by atoms with Crippen LogP contribution in [-0.4, -0.2) is 51.7 Å². The third kappa shape index (κ3) is 5.58. The molecule has 41 heavy (non-hydrogen) atoms. The summed E-state index contributed by atoms with van der Waals surface area (Å²) in [6.45, 7) is 0.0640. The number of carbonyl (C=O) groups excluding carboxylic acids is 1. The van der Waals surface area contributed by atoms with Crippen molar-refractivity contribution in [2.45, 2.75) is 69.2 Å². The molecule has 13 heteroatoms. The van der Waals surface area contributed by atoms with E-state index in [1.54, 1.807) is 11.0 Å². The summed E-state index contributed by atoms with van der Waals surface area (Å²) in [6, 6.07) is 8.08. The number of hydrogen-bond donors (Lipinski definition) is 2. The number of nitrogens with one attached hydrogen (secondary N) is 1. The molecule has 2 aromatic carbocycles. The molecule has 0 spiro atoms. The summed E-state index contributed by atoms with van der Waals surface area (Å²) < 4.78 is 69.3. The number of piperidine rings is 1. The number of rotatable bonds is 8. The highest BCUT2D eigenvalue weighted by molar-refractivity contribution is 5.94. The van der Waals surface area contributed by atoms with Crippen LogP contribution in [0.3, 0.4) is 0 Å². The summed E-state index contributed by atoms with van der Waals surface area (Å²) in [6.07, 6.45) is -1.57. The summed E-state index contributed by atoms with van der Waals surface area (Å²) in [5.41, 5.74) is 0.598. The lowest BCUT2D eigenvalue weighted by Gasteiger charge is -2.54. The second kappa shape index (κ2) is 10.4. The van der Waals surface area contributed by atoms with Crippen molar-refractivity contribution in [2.75, 3.05) is 5.32 Å². The summed E-state index contributed by atoms with van der Waals surface area (Å²) in [7, 11) is 0. The average Bonchev–Trinajstić information content (AvgIpc) is 3.67. The maximum absolute atomic E-state index is 14.2. The number of carboxylic acids is 1. The van der Waals surface area contributed by atoms with Crippen LogP contribution in [0.15, 0.2) is 47.0 Å². The van der Waals surface area contributed by atoms with Crippen LogP contribution in [0.4, 0.5) is 28.0 Å². The van der Waals surface area contributed by atoms with Crippen molar-refractivity contribution < 1.29 is 46.3 Å². The van der Waals surface area contributed by atoms with Crippen LogP contribution < -0.4 is 10.1 Å². The van der Waals surface area contributed by atoms with E-state index in [1.807, 2.05) is 0 Å². The van der Waals surface area contributed by atoms with Crippen molar-refractivity contribution >= 4 is 17.7 Å². The Hall–Kier alpha value is -4.13. The SMILES string of the molecule is O=C(O)c1ccc(F)c(NC(=O)N2C3CC(OCc4c(-c5ccccc5OC(F)(F)F)noc4C4CC4)CC2C3)c1. The van der Waals surface area contributed by atoms with Gasteiger partial charge in [-0.15, -0.1) is 13.2 Å². The van der Waals surface area contributed by atoms with E-state index in [-0.39, 0.29) is 59.0 Å². The van der Waals surface area contributed by atoms with E-state index in [4.69, 9.17) is 14.4 Å². The number of nitrogens with zero attached hydrogens (tertiary/aromatic N) is 2. The molecule has 9 nitrogen and oxygen atoms in total. The minimum atomic E-state index is -4.87. The Balaban J connectivity index is 1.13. The number of hydrogen-bond acceptors (Lipinski definition) is 6. The van der Waals surface area contributed by atoms with E-state index in [0.717, 1.165) is 37.5 Å². The number of amides is 2. The van der Waals surface area contributed by atoms with Gasteiger partial charge >= 0.3 is 18.4 Å². The molecule has 2 atom stereocenters. The predicted molar refractivity (Wildman–Crippen MR) is 135 cm³/mol. The second-order valence-electron chi connectivity index (χ2n) is 10.5. The Kier molecular flexibility index (Phi) is 6.84. The van der Waals surface area contributed by atoms with Gasteiger partial charge in [0.15, 0.2) is 0 Å². The van der Waals surface area contributed by atoms with Crippen LogP contribution in [0, 0.1) is 5.82 Å². The molecule has 2 aliphatic carbocycles. The molecular formula is C28H25F4N3O6. The summed E-state index contributed by atoms with van der Waals surface area (Å²) in [5, 5.41) is 15.7. The van der Waals surface area contributed by atoms with Crippen molar-refractivity contribution in [2.24, 2.45) is 0 Å². The van der Waals surface area contributed by atoms with Gasteiger partial charge < -0.3 is 29.3 Å². The van der Waals surface area contributed by atoms with Gasteiger partial charge in [-0.2, -0.15) is 0 Å². The van der Waals surface area contributed by atoms with E-state index in [9.17, 15) is 27.2 Å². The fraction of sp³-hybridized carbons (Fsp3) is 0.393. The normalized spacial score (nSPS) is 21.8. The standard InChI is InChI=1S/C28H25F4N3O6/c29-21-8-7-15(26(36)37)9-22(21)33-27(38)35-16-10-17(35)12-18(11-16)39-13-20-24(34-41-25(20)14-5-6-14)19-3-1-2-4-23(19)40-28(30,31)32/h1-4,7-9,14,16-18H,5-6,10-13H2,(H,33,38)(H,36,37). The molecule has 3 aromatic rings. The highest BCUT2D eigenvalue weighted by Crippen LogP contribution is 2.46. The van der Waals surface area contributed by atoms with Crippen LogP contribution >= 0.6 is 0 Å². The predicted octanol–water partition coefficient (Wildman–Crippen LogP) is 6.31. The number of carbonyl (C=O) groups is 2. The molecule has 0 radical (unpaired) electrons. The quantitative estimate of drug-likeness (QED) is 0.303. The number of carboxylic acid groups (broad SMARTS) is 1. The zero-order chi connectivity index (χ0) is 28.9.